The van der Waals surface area contributed by atoms with Crippen molar-refractivity contribution in [2.45, 2.75) is 18.4 Å². The number of carbonyl (C=O) groups excluding carboxylic acids is 2. The Balaban J connectivity index is 1.39. The van der Waals surface area contributed by atoms with E-state index in [1.165, 1.54) is 28.0 Å². The average molecular weight is 440 g/mol. The van der Waals surface area contributed by atoms with Crippen molar-refractivity contribution in [2.75, 3.05) is 29.1 Å². The van der Waals surface area contributed by atoms with Gasteiger partial charge in [-0.25, -0.2) is 9.97 Å². The van der Waals surface area contributed by atoms with Crippen LogP contribution in [0, 0.1) is 6.92 Å². The van der Waals surface area contributed by atoms with Crippen molar-refractivity contribution in [1.82, 2.24) is 15.3 Å². The van der Waals surface area contributed by atoms with E-state index in [1.54, 1.807) is 28.2 Å². The van der Waals surface area contributed by atoms with Gasteiger partial charge in [-0.05, 0) is 25.1 Å². The number of anilines is 2. The molecule has 0 fully saturated rings. The lowest BCUT2D eigenvalue weighted by molar-refractivity contribution is -0.117. The fourth-order valence-electron chi connectivity index (χ4n) is 3.03. The summed E-state index contributed by atoms with van der Waals surface area (Å²) in [5.74, 6) is 1.07. The average Bonchev–Trinajstić information content (AvgIpc) is 3.27. The van der Waals surface area contributed by atoms with Crippen LogP contribution >= 0.6 is 23.1 Å². The number of nitrogens with one attached hydrogen (secondary N) is 2. The quantitative estimate of drug-likeness (QED) is 0.434. The lowest BCUT2D eigenvalue weighted by atomic mass is 10.2. The van der Waals surface area contributed by atoms with Gasteiger partial charge in [0, 0.05) is 28.8 Å². The largest absolute Gasteiger partial charge is 0.359 e. The van der Waals surface area contributed by atoms with Crippen molar-refractivity contribution in [3.63, 3.8) is 0 Å². The van der Waals surface area contributed by atoms with E-state index in [0.717, 1.165) is 11.4 Å². The molecule has 0 aliphatic carbocycles. The molecule has 7 nitrogen and oxygen atoms in total. The van der Waals surface area contributed by atoms with Crippen LogP contribution in [0.2, 0.25) is 0 Å². The van der Waals surface area contributed by atoms with Crippen LogP contribution in [-0.2, 0) is 11.3 Å². The third-order valence-corrected chi connectivity index (χ3v) is 6.26. The van der Waals surface area contributed by atoms with E-state index in [4.69, 9.17) is 0 Å². The molecule has 0 bridgehead atoms. The van der Waals surface area contributed by atoms with Crippen molar-refractivity contribution in [2.24, 2.45) is 0 Å². The van der Waals surface area contributed by atoms with Crippen molar-refractivity contribution in [1.29, 1.82) is 0 Å². The number of pyridine rings is 1. The van der Waals surface area contributed by atoms with Crippen molar-refractivity contribution in [3.05, 3.63) is 64.2 Å². The molecule has 0 spiro atoms. The van der Waals surface area contributed by atoms with Crippen LogP contribution in [0.25, 0.3) is 0 Å². The summed E-state index contributed by atoms with van der Waals surface area (Å²) in [6.45, 7) is 3.12. The Hall–Kier alpha value is -2.91. The molecule has 154 valence electrons. The number of hydrogen-bond donors (Lipinski definition) is 2. The smallest absolute Gasteiger partial charge is 0.252 e. The van der Waals surface area contributed by atoms with Gasteiger partial charge in [-0.1, -0.05) is 17.7 Å². The van der Waals surface area contributed by atoms with Gasteiger partial charge in [-0.3, -0.25) is 9.59 Å². The van der Waals surface area contributed by atoms with Gasteiger partial charge in [0.25, 0.3) is 5.91 Å². The summed E-state index contributed by atoms with van der Waals surface area (Å²) >= 11 is 3.18. The second-order valence-corrected chi connectivity index (χ2v) is 8.71. The van der Waals surface area contributed by atoms with Crippen LogP contribution in [0.4, 0.5) is 11.5 Å². The molecule has 0 unspecified atom stereocenters. The van der Waals surface area contributed by atoms with E-state index < -0.39 is 0 Å². The van der Waals surface area contributed by atoms with Gasteiger partial charge in [0.1, 0.15) is 0 Å². The number of thiazole rings is 1. The second kappa shape index (κ2) is 9.27. The topological polar surface area (TPSA) is 87.2 Å². The predicted octanol–water partition coefficient (Wildman–Crippen LogP) is 3.33. The highest BCUT2D eigenvalue weighted by atomic mass is 32.2. The summed E-state index contributed by atoms with van der Waals surface area (Å²) in [4.78, 5) is 36.4. The summed E-state index contributed by atoms with van der Waals surface area (Å²) in [6, 6.07) is 10.0. The van der Waals surface area contributed by atoms with Crippen LogP contribution in [0.5, 0.6) is 0 Å². The van der Waals surface area contributed by atoms with E-state index in [0.29, 0.717) is 30.2 Å². The minimum Gasteiger partial charge on any atom is -0.359 e. The van der Waals surface area contributed by atoms with Crippen LogP contribution in [0.1, 0.15) is 21.6 Å². The maximum atomic E-state index is 12.6. The highest BCUT2D eigenvalue weighted by Gasteiger charge is 2.26. The first kappa shape index (κ1) is 20.4. The Labute approximate surface area is 182 Å². The van der Waals surface area contributed by atoms with Crippen molar-refractivity contribution in [3.8, 4) is 0 Å². The molecule has 3 aromatic rings. The highest BCUT2D eigenvalue weighted by molar-refractivity contribution is 7.99. The molecular formula is C21H21N5O2S2. The molecule has 30 heavy (non-hydrogen) atoms. The molecule has 0 atom stereocenters. The normalized spacial score (nSPS) is 13.0. The zero-order chi connectivity index (χ0) is 20.9. The first-order chi connectivity index (χ1) is 14.6. The molecule has 0 saturated carbocycles. The zero-order valence-electron chi connectivity index (χ0n) is 16.4. The van der Waals surface area contributed by atoms with Crippen LogP contribution in [0.3, 0.4) is 0 Å². The van der Waals surface area contributed by atoms with Crippen molar-refractivity contribution < 1.29 is 9.59 Å². The second-order valence-electron chi connectivity index (χ2n) is 6.82. The van der Waals surface area contributed by atoms with Crippen LogP contribution in [0.15, 0.2) is 52.3 Å². The maximum absolute atomic E-state index is 12.6. The first-order valence-electron chi connectivity index (χ1n) is 9.49. The Morgan fingerprint density at radius 2 is 2.13 bits per heavy atom. The number of thioether (sulfide) groups is 1. The molecule has 2 N–H and O–H groups in total. The Bertz CT molecular complexity index is 1040. The van der Waals surface area contributed by atoms with E-state index in [9.17, 15) is 9.59 Å². The molecule has 9 heteroatoms. The fourth-order valence-corrected chi connectivity index (χ4v) is 4.35. The molecule has 2 aromatic heterocycles. The molecule has 4 rings (SSSR count). The molecular weight excluding hydrogens is 418 g/mol. The van der Waals surface area contributed by atoms with Gasteiger partial charge >= 0.3 is 0 Å². The van der Waals surface area contributed by atoms with E-state index in [-0.39, 0.29) is 18.4 Å². The molecule has 1 aromatic carbocycles. The Morgan fingerprint density at radius 3 is 2.90 bits per heavy atom. The molecule has 0 saturated heterocycles. The molecule has 3 heterocycles. The third-order valence-electron chi connectivity index (χ3n) is 4.61. The van der Waals surface area contributed by atoms with Crippen LogP contribution in [-0.4, -0.2) is 40.6 Å². The van der Waals surface area contributed by atoms with Gasteiger partial charge < -0.3 is 15.5 Å². The first-order valence-corrected chi connectivity index (χ1v) is 11.4. The lowest BCUT2D eigenvalue weighted by Crippen LogP contribution is -2.40. The molecule has 1 aliphatic rings. The predicted molar refractivity (Wildman–Crippen MR) is 120 cm³/mol. The van der Waals surface area contributed by atoms with Gasteiger partial charge in [0.15, 0.2) is 5.82 Å². The van der Waals surface area contributed by atoms with Gasteiger partial charge in [0.05, 0.1) is 35.5 Å². The summed E-state index contributed by atoms with van der Waals surface area (Å²) in [5.41, 5.74) is 4.79. The molecule has 2 amide bonds. The zero-order valence-corrected chi connectivity index (χ0v) is 18.1. The van der Waals surface area contributed by atoms with E-state index >= 15 is 0 Å². The summed E-state index contributed by atoms with van der Waals surface area (Å²) < 4.78 is 0. The van der Waals surface area contributed by atoms with Crippen molar-refractivity contribution >= 4 is 46.4 Å². The number of rotatable bonds is 7. The number of amides is 2. The minimum absolute atomic E-state index is 0.0793. The number of carbonyl (C=O) groups is 2. The van der Waals surface area contributed by atoms with Gasteiger partial charge in [-0.15, -0.1) is 23.1 Å². The number of hydrogen-bond acceptors (Lipinski definition) is 7. The van der Waals surface area contributed by atoms with Gasteiger partial charge in [0.2, 0.25) is 5.91 Å². The molecule has 0 radical (unpaired) electrons. The number of aryl methyl sites for hydroxylation is 1. The summed E-state index contributed by atoms with van der Waals surface area (Å²) in [6.07, 6.45) is 1.53. The number of aromatic nitrogens is 2. The maximum Gasteiger partial charge on any atom is 0.252 e. The Kier molecular flexibility index (Phi) is 6.29. The standard InChI is InChI=1S/C21H21N5O2S2/c1-14-2-4-17(5-3-14)30-7-6-22-21(28)15-8-18-20(23-9-15)24-10-19(27)26(18)11-16-12-29-13-25-16/h2-5,8-9,12-13H,6-7,10-11H2,1H3,(H,22,28)(H,23,24). The van der Waals surface area contributed by atoms with Crippen LogP contribution < -0.4 is 15.5 Å². The Morgan fingerprint density at radius 1 is 1.30 bits per heavy atom. The minimum atomic E-state index is -0.207. The summed E-state index contributed by atoms with van der Waals surface area (Å²) in [7, 11) is 0. The number of nitrogens with zero attached hydrogens (tertiary/aromatic N) is 3. The lowest BCUT2D eigenvalue weighted by Gasteiger charge is -2.29. The monoisotopic (exact) mass is 439 g/mol. The van der Waals surface area contributed by atoms with E-state index in [1.807, 2.05) is 5.38 Å². The van der Waals surface area contributed by atoms with E-state index in [2.05, 4.69) is 51.8 Å². The molecule has 1 aliphatic heterocycles. The van der Waals surface area contributed by atoms with Gasteiger partial charge in [-0.2, -0.15) is 0 Å². The fraction of sp³-hybridized carbons (Fsp3) is 0.238. The SMILES string of the molecule is Cc1ccc(SCCNC(=O)c2cnc3c(c2)N(Cc2cscn2)C(=O)CN3)cc1. The number of benzene rings is 1. The third kappa shape index (κ3) is 4.80. The number of fused-ring (bicyclic) bond motifs is 1. The highest BCUT2D eigenvalue weighted by Crippen LogP contribution is 2.29. The summed E-state index contributed by atoms with van der Waals surface area (Å²) in [5, 5.41) is 7.84.